The summed E-state index contributed by atoms with van der Waals surface area (Å²) in [4.78, 5) is 22.4. The average Bonchev–Trinajstić information content (AvgIpc) is 2.03. The molecular weight excluding hydrogens is 156 g/mol. The minimum atomic E-state index is -0.583. The number of esters is 1. The number of hydrogen-bond acceptors (Lipinski definition) is 3. The Kier molecular flexibility index (Phi) is 4.55. The van der Waals surface area contributed by atoms with Crippen LogP contribution in [0.15, 0.2) is 0 Å². The van der Waals surface area contributed by atoms with E-state index in [1.54, 1.807) is 6.92 Å². The number of rotatable bonds is 4. The van der Waals surface area contributed by atoms with Crippen molar-refractivity contribution in [1.82, 2.24) is 0 Å². The Morgan fingerprint density at radius 2 is 1.83 bits per heavy atom. The predicted molar refractivity (Wildman–Crippen MR) is 45.6 cm³/mol. The highest BCUT2D eigenvalue weighted by Gasteiger charge is 2.28. The Labute approximate surface area is 73.1 Å². The van der Waals surface area contributed by atoms with E-state index in [4.69, 9.17) is 0 Å². The van der Waals surface area contributed by atoms with E-state index in [2.05, 4.69) is 4.74 Å². The van der Waals surface area contributed by atoms with Gasteiger partial charge in [0.2, 0.25) is 0 Å². The Bertz CT molecular complexity index is 157. The van der Waals surface area contributed by atoms with Crippen LogP contribution in [0, 0.1) is 11.8 Å². The highest BCUT2D eigenvalue weighted by Crippen LogP contribution is 2.15. The summed E-state index contributed by atoms with van der Waals surface area (Å²) in [6.45, 7) is 5.44. The van der Waals surface area contributed by atoms with Crippen LogP contribution in [-0.4, -0.2) is 18.9 Å². The van der Waals surface area contributed by atoms with Crippen LogP contribution >= 0.6 is 0 Å². The second-order valence-corrected chi connectivity index (χ2v) is 3.06. The van der Waals surface area contributed by atoms with E-state index in [9.17, 15) is 9.59 Å². The molecule has 0 amide bonds. The fourth-order valence-electron chi connectivity index (χ4n) is 1.12. The van der Waals surface area contributed by atoms with Crippen molar-refractivity contribution in [2.75, 3.05) is 7.11 Å². The molecule has 0 N–H and O–H groups in total. The first-order chi connectivity index (χ1) is 5.54. The average molecular weight is 172 g/mol. The van der Waals surface area contributed by atoms with Gasteiger partial charge in [0, 0.05) is 6.42 Å². The number of hydrogen-bond donors (Lipinski definition) is 0. The molecule has 0 saturated carbocycles. The van der Waals surface area contributed by atoms with Crippen molar-refractivity contribution >= 4 is 11.8 Å². The third kappa shape index (κ3) is 2.64. The summed E-state index contributed by atoms with van der Waals surface area (Å²) < 4.78 is 4.54. The van der Waals surface area contributed by atoms with E-state index in [1.165, 1.54) is 7.11 Å². The molecule has 12 heavy (non-hydrogen) atoms. The van der Waals surface area contributed by atoms with E-state index in [0.717, 1.165) is 0 Å². The first-order valence-electron chi connectivity index (χ1n) is 4.15. The lowest BCUT2D eigenvalue weighted by Gasteiger charge is -2.15. The Hall–Kier alpha value is -0.860. The van der Waals surface area contributed by atoms with Crippen LogP contribution in [0.1, 0.15) is 27.2 Å². The van der Waals surface area contributed by atoms with Crippen LogP contribution in [-0.2, 0) is 14.3 Å². The lowest BCUT2D eigenvalue weighted by Crippen LogP contribution is -2.29. The van der Waals surface area contributed by atoms with E-state index >= 15 is 0 Å². The highest BCUT2D eigenvalue weighted by molar-refractivity contribution is 5.99. The summed E-state index contributed by atoms with van der Waals surface area (Å²) in [7, 11) is 1.31. The number of methoxy groups -OCH3 is 1. The molecule has 3 heteroatoms. The number of ketones is 1. The largest absolute Gasteiger partial charge is 0.468 e. The second-order valence-electron chi connectivity index (χ2n) is 3.06. The van der Waals surface area contributed by atoms with Crippen LogP contribution in [0.2, 0.25) is 0 Å². The predicted octanol–water partition coefficient (Wildman–Crippen LogP) is 1.41. The second kappa shape index (κ2) is 4.91. The zero-order valence-electron chi connectivity index (χ0n) is 8.09. The molecule has 0 unspecified atom stereocenters. The van der Waals surface area contributed by atoms with Crippen molar-refractivity contribution in [2.45, 2.75) is 27.2 Å². The Morgan fingerprint density at radius 3 is 2.08 bits per heavy atom. The maximum atomic E-state index is 11.3. The van der Waals surface area contributed by atoms with Crippen LogP contribution in [0.4, 0.5) is 0 Å². The monoisotopic (exact) mass is 172 g/mol. The van der Waals surface area contributed by atoms with Gasteiger partial charge in [-0.05, 0) is 5.92 Å². The van der Waals surface area contributed by atoms with E-state index in [1.807, 2.05) is 13.8 Å². The van der Waals surface area contributed by atoms with Gasteiger partial charge in [0.25, 0.3) is 0 Å². The van der Waals surface area contributed by atoms with Gasteiger partial charge in [0.15, 0.2) is 0 Å². The molecule has 0 aliphatic rings. The number of ether oxygens (including phenoxy) is 1. The van der Waals surface area contributed by atoms with Gasteiger partial charge in [0.1, 0.15) is 11.7 Å². The molecule has 0 heterocycles. The van der Waals surface area contributed by atoms with Crippen molar-refractivity contribution in [3.05, 3.63) is 0 Å². The van der Waals surface area contributed by atoms with E-state index in [-0.39, 0.29) is 11.7 Å². The zero-order valence-corrected chi connectivity index (χ0v) is 8.09. The third-order valence-corrected chi connectivity index (χ3v) is 1.82. The molecule has 70 valence electrons. The topological polar surface area (TPSA) is 43.4 Å². The Balaban J connectivity index is 4.43. The number of Topliss-reactive ketones (excluding diaryl/α,β-unsaturated/α-hetero) is 1. The van der Waals surface area contributed by atoms with E-state index in [0.29, 0.717) is 6.42 Å². The molecule has 0 aromatic rings. The van der Waals surface area contributed by atoms with Crippen LogP contribution in [0.25, 0.3) is 0 Å². The van der Waals surface area contributed by atoms with Gasteiger partial charge in [-0.1, -0.05) is 20.8 Å². The van der Waals surface area contributed by atoms with E-state index < -0.39 is 11.9 Å². The number of carbonyl (C=O) groups excluding carboxylic acids is 2. The van der Waals surface area contributed by atoms with Crippen LogP contribution in [0.3, 0.4) is 0 Å². The molecule has 0 aliphatic carbocycles. The molecule has 0 bridgehead atoms. The maximum absolute atomic E-state index is 11.3. The van der Waals surface area contributed by atoms with Crippen molar-refractivity contribution in [1.29, 1.82) is 0 Å². The Morgan fingerprint density at radius 1 is 1.33 bits per heavy atom. The molecule has 0 aliphatic heterocycles. The molecule has 0 fully saturated rings. The molecule has 0 rings (SSSR count). The van der Waals surface area contributed by atoms with Crippen molar-refractivity contribution < 1.29 is 14.3 Å². The maximum Gasteiger partial charge on any atom is 0.316 e. The highest BCUT2D eigenvalue weighted by atomic mass is 16.5. The van der Waals surface area contributed by atoms with Gasteiger partial charge in [-0.15, -0.1) is 0 Å². The third-order valence-electron chi connectivity index (χ3n) is 1.82. The molecule has 1 atom stereocenters. The molecule has 0 saturated heterocycles. The summed E-state index contributed by atoms with van der Waals surface area (Å²) in [5.74, 6) is -1.03. The van der Waals surface area contributed by atoms with Gasteiger partial charge < -0.3 is 4.74 Å². The van der Waals surface area contributed by atoms with Gasteiger partial charge >= 0.3 is 5.97 Å². The fourth-order valence-corrected chi connectivity index (χ4v) is 1.12. The molecule has 0 spiro atoms. The summed E-state index contributed by atoms with van der Waals surface area (Å²) in [5.41, 5.74) is 0. The van der Waals surface area contributed by atoms with Crippen molar-refractivity contribution in [3.8, 4) is 0 Å². The van der Waals surface area contributed by atoms with Crippen molar-refractivity contribution in [2.24, 2.45) is 11.8 Å². The molecule has 3 nitrogen and oxygen atoms in total. The first kappa shape index (κ1) is 11.1. The normalized spacial score (nSPS) is 12.8. The quantitative estimate of drug-likeness (QED) is 0.475. The van der Waals surface area contributed by atoms with Gasteiger partial charge in [-0.3, -0.25) is 9.59 Å². The molecular formula is C9H16O3. The summed E-state index contributed by atoms with van der Waals surface area (Å²) >= 11 is 0. The van der Waals surface area contributed by atoms with Gasteiger partial charge in [0.05, 0.1) is 7.11 Å². The molecule has 0 aromatic carbocycles. The molecule has 0 radical (unpaired) electrons. The van der Waals surface area contributed by atoms with Crippen LogP contribution < -0.4 is 0 Å². The SMILES string of the molecule is CCC(=O)[C@@H](C(=O)OC)C(C)C. The lowest BCUT2D eigenvalue weighted by atomic mass is 9.90. The van der Waals surface area contributed by atoms with Crippen LogP contribution in [0.5, 0.6) is 0 Å². The minimum Gasteiger partial charge on any atom is -0.468 e. The first-order valence-corrected chi connectivity index (χ1v) is 4.15. The van der Waals surface area contributed by atoms with Crippen molar-refractivity contribution in [3.63, 3.8) is 0 Å². The summed E-state index contributed by atoms with van der Waals surface area (Å²) in [5, 5.41) is 0. The number of carbonyl (C=O) groups is 2. The van der Waals surface area contributed by atoms with Gasteiger partial charge in [-0.2, -0.15) is 0 Å². The van der Waals surface area contributed by atoms with Gasteiger partial charge in [-0.25, -0.2) is 0 Å². The smallest absolute Gasteiger partial charge is 0.316 e. The zero-order chi connectivity index (χ0) is 9.72. The fraction of sp³-hybridized carbons (Fsp3) is 0.778. The minimum absolute atomic E-state index is 0.0184. The molecule has 0 aromatic heterocycles. The lowest BCUT2D eigenvalue weighted by molar-refractivity contribution is -0.151. The summed E-state index contributed by atoms with van der Waals surface area (Å²) in [6, 6.07) is 0. The summed E-state index contributed by atoms with van der Waals surface area (Å²) in [6.07, 6.45) is 0.387. The standard InChI is InChI=1S/C9H16O3/c1-5-7(10)8(6(2)3)9(11)12-4/h6,8H,5H2,1-4H3/t8-/m0/s1.